The largest absolute Gasteiger partial charge is 0.480 e. The Kier molecular flexibility index (Phi) is 5.74. The van der Waals surface area contributed by atoms with Crippen LogP contribution in [0.2, 0.25) is 0 Å². The molecule has 0 saturated carbocycles. The molecule has 1 aliphatic rings. The number of hydrogen-bond acceptors (Lipinski definition) is 3. The molecule has 1 fully saturated rings. The van der Waals surface area contributed by atoms with Gasteiger partial charge in [0.2, 0.25) is 5.91 Å². The van der Waals surface area contributed by atoms with Crippen LogP contribution in [0.25, 0.3) is 0 Å². The fourth-order valence-corrected chi connectivity index (χ4v) is 2.01. The van der Waals surface area contributed by atoms with E-state index in [4.69, 9.17) is 9.84 Å². The molecule has 0 aromatic rings. The van der Waals surface area contributed by atoms with Crippen LogP contribution in [0.5, 0.6) is 0 Å². The lowest BCUT2D eigenvalue weighted by Gasteiger charge is -2.33. The smallest absolute Gasteiger partial charge is 0.323 e. The van der Waals surface area contributed by atoms with Crippen molar-refractivity contribution in [1.29, 1.82) is 0 Å². The van der Waals surface area contributed by atoms with Crippen molar-refractivity contribution in [2.24, 2.45) is 5.41 Å². The summed E-state index contributed by atoms with van der Waals surface area (Å²) in [5.41, 5.74) is 0.852. The molecule has 0 aliphatic carbocycles. The molecule has 0 radical (unpaired) electrons. The quantitative estimate of drug-likeness (QED) is 0.802. The van der Waals surface area contributed by atoms with E-state index in [0.717, 1.165) is 5.57 Å². The third kappa shape index (κ3) is 4.96. The van der Waals surface area contributed by atoms with Gasteiger partial charge in [0.15, 0.2) is 0 Å². The molecule has 5 nitrogen and oxygen atoms in total. The van der Waals surface area contributed by atoms with Crippen LogP contribution in [0.3, 0.4) is 0 Å². The summed E-state index contributed by atoms with van der Waals surface area (Å²) in [6, 6.07) is -0.0450. The van der Waals surface area contributed by atoms with E-state index in [2.05, 4.69) is 0 Å². The van der Waals surface area contributed by atoms with Crippen molar-refractivity contribution in [3.05, 3.63) is 11.6 Å². The number of ether oxygens (including phenoxy) is 1. The van der Waals surface area contributed by atoms with Crippen molar-refractivity contribution in [3.8, 4) is 0 Å². The highest BCUT2D eigenvalue weighted by atomic mass is 16.5. The SMILES string of the molecule is C/C(=C\C(=O)N(CC(=O)O)C1CCOCC1)C(C)(C)C. The Hall–Kier alpha value is -1.36. The van der Waals surface area contributed by atoms with Gasteiger partial charge >= 0.3 is 5.97 Å². The molecule has 1 saturated heterocycles. The van der Waals surface area contributed by atoms with E-state index in [0.29, 0.717) is 26.1 Å². The first-order valence-electron chi connectivity index (χ1n) is 7.00. The van der Waals surface area contributed by atoms with Crippen LogP contribution in [0.1, 0.15) is 40.5 Å². The average molecular weight is 283 g/mol. The van der Waals surface area contributed by atoms with Gasteiger partial charge in [-0.05, 0) is 25.2 Å². The van der Waals surface area contributed by atoms with Gasteiger partial charge in [0.1, 0.15) is 6.54 Å². The molecular formula is C15H25NO4. The van der Waals surface area contributed by atoms with E-state index in [1.165, 1.54) is 4.90 Å². The summed E-state index contributed by atoms with van der Waals surface area (Å²) >= 11 is 0. The molecule has 1 amide bonds. The van der Waals surface area contributed by atoms with E-state index < -0.39 is 5.97 Å². The van der Waals surface area contributed by atoms with Crippen molar-refractivity contribution in [2.75, 3.05) is 19.8 Å². The Balaban J connectivity index is 2.87. The molecule has 1 aliphatic heterocycles. The molecule has 1 heterocycles. The highest BCUT2D eigenvalue weighted by Gasteiger charge is 2.27. The number of amides is 1. The molecule has 0 aromatic heterocycles. The van der Waals surface area contributed by atoms with E-state index in [1.807, 2.05) is 27.7 Å². The van der Waals surface area contributed by atoms with Crippen LogP contribution < -0.4 is 0 Å². The number of allylic oxidation sites excluding steroid dienone is 1. The minimum Gasteiger partial charge on any atom is -0.480 e. The second-order valence-corrected chi connectivity index (χ2v) is 6.28. The predicted octanol–water partition coefficient (Wildman–Crippen LogP) is 2.07. The number of rotatable bonds is 4. The number of aliphatic carboxylic acids is 1. The lowest BCUT2D eigenvalue weighted by Crippen LogP contribution is -2.45. The summed E-state index contributed by atoms with van der Waals surface area (Å²) < 4.78 is 5.27. The number of hydrogen-bond donors (Lipinski definition) is 1. The first-order chi connectivity index (χ1) is 9.21. The maximum atomic E-state index is 12.4. The third-order valence-corrected chi connectivity index (χ3v) is 3.74. The normalized spacial score (nSPS) is 17.9. The molecule has 0 bridgehead atoms. The van der Waals surface area contributed by atoms with Gasteiger partial charge < -0.3 is 14.7 Å². The summed E-state index contributed by atoms with van der Waals surface area (Å²) in [6.45, 7) is 8.90. The fraction of sp³-hybridized carbons (Fsp3) is 0.733. The number of nitrogens with zero attached hydrogens (tertiary/aromatic N) is 1. The topological polar surface area (TPSA) is 66.8 Å². The lowest BCUT2D eigenvalue weighted by atomic mass is 9.87. The number of carbonyl (C=O) groups excluding carboxylic acids is 1. The average Bonchev–Trinajstić information content (AvgIpc) is 2.35. The van der Waals surface area contributed by atoms with Gasteiger partial charge in [-0.1, -0.05) is 26.3 Å². The number of carboxylic acid groups (broad SMARTS) is 1. The molecule has 1 N–H and O–H groups in total. The minimum atomic E-state index is -0.980. The summed E-state index contributed by atoms with van der Waals surface area (Å²) in [4.78, 5) is 24.8. The predicted molar refractivity (Wildman–Crippen MR) is 76.4 cm³/mol. The summed E-state index contributed by atoms with van der Waals surface area (Å²) in [5, 5.41) is 9.01. The fourth-order valence-electron chi connectivity index (χ4n) is 2.01. The standard InChI is InChI=1S/C15H25NO4/c1-11(15(2,3)4)9-13(17)16(10-14(18)19)12-5-7-20-8-6-12/h9,12H,5-8,10H2,1-4H3,(H,18,19)/b11-9+. The van der Waals surface area contributed by atoms with Gasteiger partial charge in [0, 0.05) is 25.3 Å². The van der Waals surface area contributed by atoms with Gasteiger partial charge in [-0.25, -0.2) is 0 Å². The Bertz CT molecular complexity index is 389. The van der Waals surface area contributed by atoms with Crippen LogP contribution in [0.4, 0.5) is 0 Å². The monoisotopic (exact) mass is 283 g/mol. The maximum absolute atomic E-state index is 12.4. The van der Waals surface area contributed by atoms with Crippen molar-refractivity contribution in [3.63, 3.8) is 0 Å². The molecule has 1 rings (SSSR count). The molecule has 20 heavy (non-hydrogen) atoms. The van der Waals surface area contributed by atoms with Gasteiger partial charge in [0.25, 0.3) is 0 Å². The van der Waals surface area contributed by atoms with Crippen molar-refractivity contribution in [2.45, 2.75) is 46.6 Å². The van der Waals surface area contributed by atoms with Crippen LogP contribution in [-0.2, 0) is 14.3 Å². The third-order valence-electron chi connectivity index (χ3n) is 3.74. The highest BCUT2D eigenvalue weighted by molar-refractivity contribution is 5.91. The maximum Gasteiger partial charge on any atom is 0.323 e. The van der Waals surface area contributed by atoms with E-state index >= 15 is 0 Å². The number of carbonyl (C=O) groups is 2. The summed E-state index contributed by atoms with van der Waals surface area (Å²) in [7, 11) is 0. The Morgan fingerprint density at radius 1 is 1.30 bits per heavy atom. The molecule has 0 atom stereocenters. The Morgan fingerprint density at radius 3 is 2.30 bits per heavy atom. The molecule has 0 unspecified atom stereocenters. The van der Waals surface area contributed by atoms with Gasteiger partial charge in [0.05, 0.1) is 0 Å². The zero-order valence-corrected chi connectivity index (χ0v) is 12.8. The van der Waals surface area contributed by atoms with Gasteiger partial charge in [-0.2, -0.15) is 0 Å². The molecular weight excluding hydrogens is 258 g/mol. The van der Waals surface area contributed by atoms with Gasteiger partial charge in [-0.3, -0.25) is 9.59 Å². The summed E-state index contributed by atoms with van der Waals surface area (Å²) in [6.07, 6.45) is 2.96. The second-order valence-electron chi connectivity index (χ2n) is 6.28. The molecule has 0 aromatic carbocycles. The molecule has 0 spiro atoms. The number of carboxylic acids is 1. The zero-order chi connectivity index (χ0) is 15.3. The van der Waals surface area contributed by atoms with Crippen LogP contribution >= 0.6 is 0 Å². The Labute approximate surface area is 120 Å². The van der Waals surface area contributed by atoms with E-state index in [-0.39, 0.29) is 23.9 Å². The van der Waals surface area contributed by atoms with Crippen molar-refractivity contribution in [1.82, 2.24) is 4.90 Å². The minimum absolute atomic E-state index is 0.0450. The molecule has 5 heteroatoms. The van der Waals surface area contributed by atoms with Crippen LogP contribution in [0, 0.1) is 5.41 Å². The second kappa shape index (κ2) is 6.88. The first kappa shape index (κ1) is 16.7. The van der Waals surface area contributed by atoms with Crippen LogP contribution in [-0.4, -0.2) is 47.7 Å². The molecule has 114 valence electrons. The van der Waals surface area contributed by atoms with Crippen molar-refractivity contribution < 1.29 is 19.4 Å². The summed E-state index contributed by atoms with van der Waals surface area (Å²) in [5.74, 6) is -1.20. The van der Waals surface area contributed by atoms with Crippen molar-refractivity contribution >= 4 is 11.9 Å². The van der Waals surface area contributed by atoms with E-state index in [1.54, 1.807) is 6.08 Å². The van der Waals surface area contributed by atoms with Crippen LogP contribution in [0.15, 0.2) is 11.6 Å². The first-order valence-corrected chi connectivity index (χ1v) is 7.00. The zero-order valence-electron chi connectivity index (χ0n) is 12.8. The lowest BCUT2D eigenvalue weighted by molar-refractivity contribution is -0.145. The van der Waals surface area contributed by atoms with E-state index in [9.17, 15) is 9.59 Å². The Morgan fingerprint density at radius 2 is 1.85 bits per heavy atom. The highest BCUT2D eigenvalue weighted by Crippen LogP contribution is 2.25. The van der Waals surface area contributed by atoms with Gasteiger partial charge in [-0.15, -0.1) is 0 Å².